The van der Waals surface area contributed by atoms with E-state index in [0.29, 0.717) is 12.0 Å². The Labute approximate surface area is 120 Å². The van der Waals surface area contributed by atoms with Gasteiger partial charge in [-0.3, -0.25) is 0 Å². The van der Waals surface area contributed by atoms with E-state index in [1.54, 1.807) is 0 Å². The smallest absolute Gasteiger partial charge is 0.110 e. The number of rotatable bonds is 6. The van der Waals surface area contributed by atoms with Crippen molar-refractivity contribution in [1.82, 2.24) is 10.3 Å². The van der Waals surface area contributed by atoms with Gasteiger partial charge in [-0.25, -0.2) is 4.98 Å². The number of thiazole rings is 1. The molecule has 0 amide bonds. The first-order valence-corrected chi connectivity index (χ1v) is 8.35. The first-order chi connectivity index (χ1) is 9.26. The van der Waals surface area contributed by atoms with Crippen LogP contribution in [-0.4, -0.2) is 24.7 Å². The van der Waals surface area contributed by atoms with Gasteiger partial charge in [0, 0.05) is 17.4 Å². The summed E-state index contributed by atoms with van der Waals surface area (Å²) < 4.78 is 5.66. The molecule has 2 unspecified atom stereocenters. The van der Waals surface area contributed by atoms with Crippen molar-refractivity contribution >= 4 is 11.3 Å². The predicted octanol–water partition coefficient (Wildman–Crippen LogP) is 3.48. The van der Waals surface area contributed by atoms with Gasteiger partial charge in [0.05, 0.1) is 18.3 Å². The van der Waals surface area contributed by atoms with Crippen LogP contribution in [0.2, 0.25) is 0 Å². The van der Waals surface area contributed by atoms with E-state index in [1.165, 1.54) is 28.4 Å². The minimum atomic E-state index is 0.379. The van der Waals surface area contributed by atoms with E-state index in [9.17, 15) is 0 Å². The molecule has 1 aliphatic rings. The molecule has 19 heavy (non-hydrogen) atoms. The average molecular weight is 282 g/mol. The first-order valence-electron chi connectivity index (χ1n) is 7.53. The molecule has 4 heteroatoms. The monoisotopic (exact) mass is 282 g/mol. The Morgan fingerprint density at radius 3 is 2.89 bits per heavy atom. The topological polar surface area (TPSA) is 34.2 Å². The van der Waals surface area contributed by atoms with Gasteiger partial charge in [0.25, 0.3) is 0 Å². The molecule has 0 aliphatic carbocycles. The van der Waals surface area contributed by atoms with Gasteiger partial charge in [-0.15, -0.1) is 11.3 Å². The lowest BCUT2D eigenvalue weighted by Gasteiger charge is -2.29. The Morgan fingerprint density at radius 1 is 1.47 bits per heavy atom. The highest BCUT2D eigenvalue weighted by Gasteiger charge is 2.28. The van der Waals surface area contributed by atoms with E-state index in [0.717, 1.165) is 32.6 Å². The van der Waals surface area contributed by atoms with Crippen LogP contribution in [0.3, 0.4) is 0 Å². The molecule has 0 aromatic carbocycles. The van der Waals surface area contributed by atoms with E-state index in [2.05, 4.69) is 26.1 Å². The summed E-state index contributed by atoms with van der Waals surface area (Å²) in [4.78, 5) is 6.23. The molecule has 108 valence electrons. The van der Waals surface area contributed by atoms with Crippen molar-refractivity contribution in [2.45, 2.75) is 52.5 Å². The maximum atomic E-state index is 5.66. The quantitative estimate of drug-likeness (QED) is 0.867. The molecular weight excluding hydrogens is 256 g/mol. The summed E-state index contributed by atoms with van der Waals surface area (Å²) in [6, 6.07) is 0.379. The zero-order chi connectivity index (χ0) is 13.7. The van der Waals surface area contributed by atoms with E-state index >= 15 is 0 Å². The number of hydrogen-bond donors (Lipinski definition) is 1. The zero-order valence-corrected chi connectivity index (χ0v) is 13.2. The van der Waals surface area contributed by atoms with Gasteiger partial charge in [0.15, 0.2) is 0 Å². The molecule has 1 N–H and O–H groups in total. The van der Waals surface area contributed by atoms with Crippen LogP contribution in [0.25, 0.3) is 0 Å². The molecule has 0 saturated carbocycles. The molecule has 3 nitrogen and oxygen atoms in total. The molecule has 2 rings (SSSR count). The van der Waals surface area contributed by atoms with Gasteiger partial charge in [0.2, 0.25) is 0 Å². The van der Waals surface area contributed by atoms with E-state index in [-0.39, 0.29) is 0 Å². The lowest BCUT2D eigenvalue weighted by molar-refractivity contribution is 0.0390. The van der Waals surface area contributed by atoms with Crippen molar-refractivity contribution < 1.29 is 4.74 Å². The lowest BCUT2D eigenvalue weighted by Crippen LogP contribution is -2.33. The molecule has 1 fully saturated rings. The van der Waals surface area contributed by atoms with Crippen molar-refractivity contribution in [3.8, 4) is 0 Å². The standard InChI is InChI=1S/C15H26N2OS/c1-4-8-16-14(12-7-6-9-18-10-12)15-17-13(5-2)11(3)19-15/h12,14,16H,4-10H2,1-3H3. The second-order valence-corrected chi connectivity index (χ2v) is 6.55. The molecular formula is C15H26N2OS. The lowest BCUT2D eigenvalue weighted by atomic mass is 9.94. The highest BCUT2D eigenvalue weighted by atomic mass is 32.1. The molecule has 2 heterocycles. The van der Waals surface area contributed by atoms with Crippen molar-refractivity contribution in [1.29, 1.82) is 0 Å². The fourth-order valence-electron chi connectivity index (χ4n) is 2.70. The molecule has 1 aliphatic heterocycles. The normalized spacial score (nSPS) is 21.5. The third kappa shape index (κ3) is 3.77. The summed E-state index contributed by atoms with van der Waals surface area (Å²) >= 11 is 1.86. The predicted molar refractivity (Wildman–Crippen MR) is 80.8 cm³/mol. The second kappa shape index (κ2) is 7.36. The van der Waals surface area contributed by atoms with Crippen LogP contribution >= 0.6 is 11.3 Å². The second-order valence-electron chi connectivity index (χ2n) is 5.32. The summed E-state index contributed by atoms with van der Waals surface area (Å²) in [6.07, 6.45) is 4.63. The third-order valence-electron chi connectivity index (χ3n) is 3.79. The highest BCUT2D eigenvalue weighted by Crippen LogP contribution is 2.32. The molecule has 1 aromatic rings. The first kappa shape index (κ1) is 14.9. The van der Waals surface area contributed by atoms with Crippen LogP contribution in [-0.2, 0) is 11.2 Å². The van der Waals surface area contributed by atoms with Crippen molar-refractivity contribution in [3.05, 3.63) is 15.6 Å². The molecule has 0 spiro atoms. The number of hydrogen-bond acceptors (Lipinski definition) is 4. The zero-order valence-electron chi connectivity index (χ0n) is 12.4. The van der Waals surface area contributed by atoms with Crippen molar-refractivity contribution in [3.63, 3.8) is 0 Å². The van der Waals surface area contributed by atoms with Crippen molar-refractivity contribution in [2.24, 2.45) is 5.92 Å². The van der Waals surface area contributed by atoms with Crippen molar-refractivity contribution in [2.75, 3.05) is 19.8 Å². The minimum absolute atomic E-state index is 0.379. The van der Waals surface area contributed by atoms with Crippen LogP contribution in [0.1, 0.15) is 54.7 Å². The largest absolute Gasteiger partial charge is 0.381 e. The Bertz CT molecular complexity index is 385. The van der Waals surface area contributed by atoms with Gasteiger partial charge in [-0.05, 0) is 39.2 Å². The summed E-state index contributed by atoms with van der Waals surface area (Å²) in [7, 11) is 0. The molecule has 0 radical (unpaired) electrons. The number of aryl methyl sites for hydroxylation is 2. The highest BCUT2D eigenvalue weighted by molar-refractivity contribution is 7.11. The number of nitrogens with zero attached hydrogens (tertiary/aromatic N) is 1. The van der Waals surface area contributed by atoms with E-state index < -0.39 is 0 Å². The van der Waals surface area contributed by atoms with E-state index in [4.69, 9.17) is 9.72 Å². The fourth-order valence-corrected chi connectivity index (χ4v) is 3.88. The molecule has 1 aromatic heterocycles. The number of aromatic nitrogens is 1. The number of ether oxygens (including phenoxy) is 1. The maximum Gasteiger partial charge on any atom is 0.110 e. The summed E-state index contributed by atoms with van der Waals surface area (Å²) in [5.74, 6) is 0.579. The molecule has 1 saturated heterocycles. The summed E-state index contributed by atoms with van der Waals surface area (Å²) in [6.45, 7) is 9.45. The minimum Gasteiger partial charge on any atom is -0.381 e. The SMILES string of the molecule is CCCNC(c1nc(CC)c(C)s1)C1CCCOC1. The van der Waals surface area contributed by atoms with Crippen LogP contribution in [0, 0.1) is 12.8 Å². The van der Waals surface area contributed by atoms with E-state index in [1.807, 2.05) is 11.3 Å². The van der Waals surface area contributed by atoms with Gasteiger partial charge < -0.3 is 10.1 Å². The Balaban J connectivity index is 2.14. The Hall–Kier alpha value is -0.450. The summed E-state index contributed by atoms with van der Waals surface area (Å²) in [5.41, 5.74) is 1.26. The average Bonchev–Trinajstić information content (AvgIpc) is 2.81. The van der Waals surface area contributed by atoms with Gasteiger partial charge >= 0.3 is 0 Å². The summed E-state index contributed by atoms with van der Waals surface area (Å²) in [5, 5.41) is 4.95. The fraction of sp³-hybridized carbons (Fsp3) is 0.800. The molecule has 2 atom stereocenters. The van der Waals surface area contributed by atoms with Gasteiger partial charge in [-0.1, -0.05) is 13.8 Å². The van der Waals surface area contributed by atoms with Crippen LogP contribution < -0.4 is 5.32 Å². The Morgan fingerprint density at radius 2 is 2.32 bits per heavy atom. The number of nitrogens with one attached hydrogen (secondary N) is 1. The van der Waals surface area contributed by atoms with Crippen LogP contribution in [0.5, 0.6) is 0 Å². The van der Waals surface area contributed by atoms with Crippen LogP contribution in [0.4, 0.5) is 0 Å². The maximum absolute atomic E-state index is 5.66. The van der Waals surface area contributed by atoms with Gasteiger partial charge in [0.1, 0.15) is 5.01 Å². The van der Waals surface area contributed by atoms with Gasteiger partial charge in [-0.2, -0.15) is 0 Å². The third-order valence-corrected chi connectivity index (χ3v) is 4.89. The van der Waals surface area contributed by atoms with Crippen LogP contribution in [0.15, 0.2) is 0 Å². The molecule has 0 bridgehead atoms. The Kier molecular flexibility index (Phi) is 5.79.